The van der Waals surface area contributed by atoms with Crippen LogP contribution in [-0.2, 0) is 16.8 Å². The van der Waals surface area contributed by atoms with Crippen molar-refractivity contribution >= 4 is 17.7 Å². The SMILES string of the molecule is O=C(CN1C(=O)NC2(CCc3ccccc32)C1=O)c1ccc(-c2ccccc2)cc1. The van der Waals surface area contributed by atoms with Gasteiger partial charge in [-0.25, -0.2) is 4.79 Å². The third kappa shape index (κ3) is 2.82. The Bertz CT molecular complexity index is 1150. The maximum Gasteiger partial charge on any atom is 0.325 e. The maximum atomic E-state index is 13.2. The maximum absolute atomic E-state index is 13.2. The van der Waals surface area contributed by atoms with Gasteiger partial charge in [0.25, 0.3) is 5.91 Å². The molecule has 5 rings (SSSR count). The molecule has 0 aromatic heterocycles. The first-order chi connectivity index (χ1) is 14.6. The predicted molar refractivity (Wildman–Crippen MR) is 113 cm³/mol. The quantitative estimate of drug-likeness (QED) is 0.537. The lowest BCUT2D eigenvalue weighted by Gasteiger charge is -2.22. The molecule has 1 aliphatic heterocycles. The highest BCUT2D eigenvalue weighted by molar-refractivity contribution is 6.11. The summed E-state index contributed by atoms with van der Waals surface area (Å²) in [5.41, 5.74) is 3.41. The molecule has 1 fully saturated rings. The van der Waals surface area contributed by atoms with Gasteiger partial charge in [-0.05, 0) is 35.1 Å². The van der Waals surface area contributed by atoms with Gasteiger partial charge in [0, 0.05) is 5.56 Å². The predicted octanol–water partition coefficient (Wildman–Crippen LogP) is 3.93. The van der Waals surface area contributed by atoms with Crippen molar-refractivity contribution in [3.63, 3.8) is 0 Å². The number of urea groups is 1. The fraction of sp³-hybridized carbons (Fsp3) is 0.160. The van der Waals surface area contributed by atoms with Crippen LogP contribution in [0.25, 0.3) is 11.1 Å². The number of amides is 3. The third-order valence-corrected chi connectivity index (χ3v) is 6.04. The highest BCUT2D eigenvalue weighted by Gasteiger charge is 2.55. The Labute approximate surface area is 174 Å². The van der Waals surface area contributed by atoms with Crippen molar-refractivity contribution in [1.82, 2.24) is 10.2 Å². The fourth-order valence-corrected chi connectivity index (χ4v) is 4.45. The van der Waals surface area contributed by atoms with Gasteiger partial charge in [-0.1, -0.05) is 78.9 Å². The van der Waals surface area contributed by atoms with Crippen molar-refractivity contribution in [2.45, 2.75) is 18.4 Å². The number of rotatable bonds is 4. The summed E-state index contributed by atoms with van der Waals surface area (Å²) in [5, 5.41) is 2.86. The van der Waals surface area contributed by atoms with E-state index < -0.39 is 11.6 Å². The highest BCUT2D eigenvalue weighted by Crippen LogP contribution is 2.41. The molecule has 2 aliphatic rings. The lowest BCUT2D eigenvalue weighted by molar-refractivity contribution is -0.131. The zero-order chi connectivity index (χ0) is 20.7. The summed E-state index contributed by atoms with van der Waals surface area (Å²) in [4.78, 5) is 39.7. The minimum Gasteiger partial charge on any atom is -0.319 e. The van der Waals surface area contributed by atoms with Crippen LogP contribution in [0.15, 0.2) is 78.9 Å². The van der Waals surface area contributed by atoms with Gasteiger partial charge in [-0.3, -0.25) is 14.5 Å². The summed E-state index contributed by atoms with van der Waals surface area (Å²) in [7, 11) is 0. The van der Waals surface area contributed by atoms with Gasteiger partial charge < -0.3 is 5.32 Å². The Morgan fingerprint density at radius 2 is 1.53 bits per heavy atom. The molecule has 1 heterocycles. The molecule has 3 aromatic carbocycles. The second-order valence-electron chi connectivity index (χ2n) is 7.75. The van der Waals surface area contributed by atoms with Crippen LogP contribution in [0.5, 0.6) is 0 Å². The number of hydrogen-bond donors (Lipinski definition) is 1. The number of imide groups is 1. The molecule has 1 spiro atoms. The van der Waals surface area contributed by atoms with Crippen molar-refractivity contribution in [3.05, 3.63) is 95.6 Å². The first kappa shape index (κ1) is 18.3. The number of aryl methyl sites for hydroxylation is 1. The highest BCUT2D eigenvalue weighted by atomic mass is 16.2. The van der Waals surface area contributed by atoms with E-state index in [-0.39, 0.29) is 18.2 Å². The molecule has 1 N–H and O–H groups in total. The summed E-state index contributed by atoms with van der Waals surface area (Å²) < 4.78 is 0. The number of nitrogens with zero attached hydrogens (tertiary/aromatic N) is 1. The molecule has 1 unspecified atom stereocenters. The molecular weight excluding hydrogens is 376 g/mol. The van der Waals surface area contributed by atoms with Crippen LogP contribution in [-0.4, -0.2) is 29.2 Å². The summed E-state index contributed by atoms with van der Waals surface area (Å²) >= 11 is 0. The normalized spacial score (nSPS) is 19.8. The lowest BCUT2D eigenvalue weighted by atomic mass is 9.92. The van der Waals surface area contributed by atoms with Gasteiger partial charge in [-0.2, -0.15) is 0 Å². The number of hydrogen-bond acceptors (Lipinski definition) is 3. The molecule has 0 bridgehead atoms. The molecule has 5 nitrogen and oxygen atoms in total. The molecule has 3 amide bonds. The fourth-order valence-electron chi connectivity index (χ4n) is 4.45. The first-order valence-electron chi connectivity index (χ1n) is 10.00. The number of carbonyl (C=O) groups is 3. The van der Waals surface area contributed by atoms with E-state index in [4.69, 9.17) is 0 Å². The van der Waals surface area contributed by atoms with Crippen LogP contribution >= 0.6 is 0 Å². The molecule has 3 aromatic rings. The number of fused-ring (bicyclic) bond motifs is 2. The Morgan fingerprint density at radius 1 is 0.867 bits per heavy atom. The van der Waals surface area contributed by atoms with E-state index in [2.05, 4.69) is 5.32 Å². The van der Waals surface area contributed by atoms with E-state index >= 15 is 0 Å². The zero-order valence-electron chi connectivity index (χ0n) is 16.3. The van der Waals surface area contributed by atoms with Crippen molar-refractivity contribution in [3.8, 4) is 11.1 Å². The molecule has 0 radical (unpaired) electrons. The van der Waals surface area contributed by atoms with Crippen LogP contribution in [0.4, 0.5) is 4.79 Å². The van der Waals surface area contributed by atoms with Crippen molar-refractivity contribution in [1.29, 1.82) is 0 Å². The number of benzene rings is 3. The number of Topliss-reactive ketones (excluding diaryl/α,β-unsaturated/α-hetero) is 1. The van der Waals surface area contributed by atoms with Gasteiger partial charge >= 0.3 is 6.03 Å². The van der Waals surface area contributed by atoms with Crippen LogP contribution in [0.3, 0.4) is 0 Å². The monoisotopic (exact) mass is 396 g/mol. The van der Waals surface area contributed by atoms with Crippen molar-refractivity contribution < 1.29 is 14.4 Å². The lowest BCUT2D eigenvalue weighted by Crippen LogP contribution is -2.42. The van der Waals surface area contributed by atoms with Crippen molar-refractivity contribution in [2.75, 3.05) is 6.54 Å². The van der Waals surface area contributed by atoms with Gasteiger partial charge in [0.05, 0.1) is 6.54 Å². The summed E-state index contributed by atoms with van der Waals surface area (Å²) in [6, 6.07) is 24.3. The third-order valence-electron chi connectivity index (χ3n) is 6.04. The second-order valence-corrected chi connectivity index (χ2v) is 7.75. The number of carbonyl (C=O) groups excluding carboxylic acids is 3. The molecule has 5 heteroatoms. The Kier molecular flexibility index (Phi) is 4.24. The average molecular weight is 396 g/mol. The van der Waals surface area contributed by atoms with E-state index in [0.717, 1.165) is 33.6 Å². The smallest absolute Gasteiger partial charge is 0.319 e. The topological polar surface area (TPSA) is 66.5 Å². The van der Waals surface area contributed by atoms with E-state index in [1.165, 1.54) is 0 Å². The number of ketones is 1. The van der Waals surface area contributed by atoms with Crippen LogP contribution in [0.2, 0.25) is 0 Å². The molecule has 0 saturated carbocycles. The van der Waals surface area contributed by atoms with Crippen LogP contribution < -0.4 is 5.32 Å². The minimum absolute atomic E-state index is 0.263. The van der Waals surface area contributed by atoms with Crippen LogP contribution in [0.1, 0.15) is 27.9 Å². The zero-order valence-corrected chi connectivity index (χ0v) is 16.3. The Hall–Kier alpha value is -3.73. The van der Waals surface area contributed by atoms with Crippen LogP contribution in [0, 0.1) is 0 Å². The largest absolute Gasteiger partial charge is 0.325 e. The second kappa shape index (κ2) is 6.95. The van der Waals surface area contributed by atoms with Crippen molar-refractivity contribution in [2.24, 2.45) is 0 Å². The van der Waals surface area contributed by atoms with Gasteiger partial charge in [0.2, 0.25) is 0 Å². The first-order valence-corrected chi connectivity index (χ1v) is 10.00. The average Bonchev–Trinajstić information content (AvgIpc) is 3.27. The molecule has 1 atom stereocenters. The van der Waals surface area contributed by atoms with Gasteiger partial charge in [0.1, 0.15) is 5.54 Å². The van der Waals surface area contributed by atoms with Gasteiger partial charge in [-0.15, -0.1) is 0 Å². The molecule has 148 valence electrons. The van der Waals surface area contributed by atoms with E-state index in [0.29, 0.717) is 12.0 Å². The van der Waals surface area contributed by atoms with E-state index in [1.54, 1.807) is 12.1 Å². The van der Waals surface area contributed by atoms with Gasteiger partial charge in [0.15, 0.2) is 5.78 Å². The van der Waals surface area contributed by atoms with E-state index in [9.17, 15) is 14.4 Å². The molecular formula is C25H20N2O3. The molecule has 30 heavy (non-hydrogen) atoms. The standard InChI is InChI=1S/C25H20N2O3/c28-22(20-12-10-18(11-13-20)17-6-2-1-3-7-17)16-27-23(29)25(26-24(27)30)15-14-19-8-4-5-9-21(19)25/h1-13H,14-16H2,(H,26,30). The minimum atomic E-state index is -1.04. The Balaban J connectivity index is 1.36. The summed E-state index contributed by atoms with van der Waals surface area (Å²) in [6.45, 7) is -0.265. The summed E-state index contributed by atoms with van der Waals surface area (Å²) in [5.74, 6) is -0.604. The Morgan fingerprint density at radius 3 is 2.30 bits per heavy atom. The summed E-state index contributed by atoms with van der Waals surface area (Å²) in [6.07, 6.45) is 1.25. The van der Waals surface area contributed by atoms with E-state index in [1.807, 2.05) is 66.7 Å². The number of nitrogens with one attached hydrogen (secondary N) is 1. The molecule has 1 saturated heterocycles. The molecule has 1 aliphatic carbocycles.